The zero-order valence-electron chi connectivity index (χ0n) is 24.3. The number of hydrogen-bond acceptors (Lipinski definition) is 6. The molecule has 0 unspecified atom stereocenters. The third-order valence-corrected chi connectivity index (χ3v) is 9.14. The van der Waals surface area contributed by atoms with Gasteiger partial charge in [-0.25, -0.2) is 12.8 Å². The van der Waals surface area contributed by atoms with Crippen molar-refractivity contribution in [3.05, 3.63) is 82.1 Å². The van der Waals surface area contributed by atoms with Crippen LogP contribution >= 0.6 is 23.2 Å². The molecule has 0 saturated heterocycles. The first-order valence-corrected chi connectivity index (χ1v) is 15.7. The fraction of sp³-hybridized carbons (Fsp3) is 0.333. The molecule has 0 saturated carbocycles. The monoisotopic (exact) mass is 653 g/mol. The smallest absolute Gasteiger partial charge is 0.264 e. The molecule has 43 heavy (non-hydrogen) atoms. The van der Waals surface area contributed by atoms with Gasteiger partial charge in [0.2, 0.25) is 11.8 Å². The zero-order chi connectivity index (χ0) is 31.7. The third kappa shape index (κ3) is 8.10. The van der Waals surface area contributed by atoms with Crippen molar-refractivity contribution in [2.75, 3.05) is 31.6 Å². The largest absolute Gasteiger partial charge is 0.493 e. The second kappa shape index (κ2) is 15.3. The molecular formula is C30H34Cl2FN3O6S. The Kier molecular flexibility index (Phi) is 12.1. The van der Waals surface area contributed by atoms with Gasteiger partial charge in [-0.15, -0.1) is 0 Å². The molecule has 13 heteroatoms. The number of carbonyl (C=O) groups is 2. The van der Waals surface area contributed by atoms with Crippen molar-refractivity contribution in [3.8, 4) is 11.5 Å². The SMILES string of the molecule is CCCNC(=O)[C@@H](CC)N(Cc1c(Cl)cccc1Cl)C(=O)CN(c1ccc(F)cc1)S(=O)(=O)c1ccc(OC)c(OC)c1. The maximum absolute atomic E-state index is 14.1. The van der Waals surface area contributed by atoms with Crippen LogP contribution in [-0.4, -0.2) is 58.5 Å². The number of anilines is 1. The van der Waals surface area contributed by atoms with Crippen LogP contribution in [0.15, 0.2) is 65.6 Å². The lowest BCUT2D eigenvalue weighted by atomic mass is 10.1. The number of ether oxygens (including phenoxy) is 2. The number of nitrogens with one attached hydrogen (secondary N) is 1. The van der Waals surface area contributed by atoms with Crippen LogP contribution < -0.4 is 19.1 Å². The highest BCUT2D eigenvalue weighted by atomic mass is 35.5. The minimum Gasteiger partial charge on any atom is -0.493 e. The highest BCUT2D eigenvalue weighted by Crippen LogP contribution is 2.33. The lowest BCUT2D eigenvalue weighted by Crippen LogP contribution is -2.52. The number of rotatable bonds is 14. The molecule has 0 radical (unpaired) electrons. The van der Waals surface area contributed by atoms with Crippen LogP contribution in [0.25, 0.3) is 0 Å². The Morgan fingerprint density at radius 3 is 2.14 bits per heavy atom. The second-order valence-corrected chi connectivity index (χ2v) is 12.1. The Morgan fingerprint density at radius 2 is 1.58 bits per heavy atom. The number of hydrogen-bond donors (Lipinski definition) is 1. The van der Waals surface area contributed by atoms with E-state index in [1.54, 1.807) is 25.1 Å². The van der Waals surface area contributed by atoms with Crippen LogP contribution in [0.3, 0.4) is 0 Å². The molecule has 0 spiro atoms. The predicted molar refractivity (Wildman–Crippen MR) is 165 cm³/mol. The summed E-state index contributed by atoms with van der Waals surface area (Å²) in [5.41, 5.74) is 0.431. The predicted octanol–water partition coefficient (Wildman–Crippen LogP) is 5.68. The summed E-state index contributed by atoms with van der Waals surface area (Å²) in [5, 5.41) is 3.37. The van der Waals surface area contributed by atoms with E-state index in [1.807, 2.05) is 6.92 Å². The van der Waals surface area contributed by atoms with E-state index in [1.165, 1.54) is 49.5 Å². The fourth-order valence-electron chi connectivity index (χ4n) is 4.38. The van der Waals surface area contributed by atoms with Crippen molar-refractivity contribution < 1.29 is 31.9 Å². The minimum absolute atomic E-state index is 0.0312. The van der Waals surface area contributed by atoms with E-state index in [0.29, 0.717) is 24.3 Å². The van der Waals surface area contributed by atoms with Crippen molar-refractivity contribution in [2.45, 2.75) is 44.2 Å². The van der Waals surface area contributed by atoms with E-state index in [0.717, 1.165) is 16.4 Å². The highest BCUT2D eigenvalue weighted by molar-refractivity contribution is 7.92. The molecule has 1 atom stereocenters. The molecule has 0 aliphatic heterocycles. The van der Waals surface area contributed by atoms with Gasteiger partial charge in [0, 0.05) is 34.8 Å². The van der Waals surface area contributed by atoms with Gasteiger partial charge in [-0.1, -0.05) is 43.1 Å². The Hall–Kier alpha value is -3.54. The van der Waals surface area contributed by atoms with E-state index < -0.39 is 40.2 Å². The number of methoxy groups -OCH3 is 2. The van der Waals surface area contributed by atoms with Gasteiger partial charge in [0.05, 0.1) is 24.8 Å². The molecule has 0 heterocycles. The van der Waals surface area contributed by atoms with Gasteiger partial charge >= 0.3 is 0 Å². The van der Waals surface area contributed by atoms with E-state index in [9.17, 15) is 22.4 Å². The number of halogens is 3. The number of amides is 2. The molecule has 2 amide bonds. The molecule has 3 rings (SSSR count). The first-order chi connectivity index (χ1) is 20.5. The Morgan fingerprint density at radius 1 is 0.953 bits per heavy atom. The van der Waals surface area contributed by atoms with Gasteiger partial charge in [-0.05, 0) is 61.4 Å². The van der Waals surface area contributed by atoms with Gasteiger partial charge in [-0.2, -0.15) is 0 Å². The summed E-state index contributed by atoms with van der Waals surface area (Å²) in [4.78, 5) is 28.4. The molecule has 9 nitrogen and oxygen atoms in total. The third-order valence-electron chi connectivity index (χ3n) is 6.66. The Labute approximate surface area is 261 Å². The molecule has 0 aromatic heterocycles. The minimum atomic E-state index is -4.43. The van der Waals surface area contributed by atoms with Crippen molar-refractivity contribution in [1.29, 1.82) is 0 Å². The number of carbonyl (C=O) groups excluding carboxylic acids is 2. The summed E-state index contributed by atoms with van der Waals surface area (Å²) in [6.07, 6.45) is 0.900. The average molecular weight is 655 g/mol. The fourth-order valence-corrected chi connectivity index (χ4v) is 6.33. The molecule has 0 fully saturated rings. The number of benzene rings is 3. The summed E-state index contributed by atoms with van der Waals surface area (Å²) >= 11 is 12.8. The van der Waals surface area contributed by atoms with Gasteiger partial charge in [0.25, 0.3) is 10.0 Å². The van der Waals surface area contributed by atoms with Gasteiger partial charge in [0.1, 0.15) is 18.4 Å². The molecule has 0 aliphatic carbocycles. The molecule has 1 N–H and O–H groups in total. The Bertz CT molecular complexity index is 1520. The van der Waals surface area contributed by atoms with E-state index in [4.69, 9.17) is 32.7 Å². The maximum Gasteiger partial charge on any atom is 0.264 e. The van der Waals surface area contributed by atoms with Crippen molar-refractivity contribution in [1.82, 2.24) is 10.2 Å². The average Bonchev–Trinajstić information content (AvgIpc) is 2.99. The first-order valence-electron chi connectivity index (χ1n) is 13.5. The molecular weight excluding hydrogens is 620 g/mol. The topological polar surface area (TPSA) is 105 Å². The van der Waals surface area contributed by atoms with Crippen LogP contribution in [0.2, 0.25) is 10.0 Å². The highest BCUT2D eigenvalue weighted by Gasteiger charge is 2.34. The molecule has 0 bridgehead atoms. The van der Waals surface area contributed by atoms with Crippen LogP contribution in [0.5, 0.6) is 11.5 Å². The van der Waals surface area contributed by atoms with Crippen LogP contribution in [0.4, 0.5) is 10.1 Å². The summed E-state index contributed by atoms with van der Waals surface area (Å²) in [6, 6.07) is 12.6. The lowest BCUT2D eigenvalue weighted by Gasteiger charge is -2.33. The summed E-state index contributed by atoms with van der Waals surface area (Å²) in [6.45, 7) is 3.14. The van der Waals surface area contributed by atoms with Crippen molar-refractivity contribution in [2.24, 2.45) is 0 Å². The first kappa shape index (κ1) is 34.0. The normalized spacial score (nSPS) is 11.9. The summed E-state index contributed by atoms with van der Waals surface area (Å²) in [5.74, 6) is -1.24. The van der Waals surface area contributed by atoms with Crippen molar-refractivity contribution >= 4 is 50.7 Å². The molecule has 0 aliphatic rings. The lowest BCUT2D eigenvalue weighted by molar-refractivity contribution is -0.140. The van der Waals surface area contributed by atoms with E-state index >= 15 is 0 Å². The Balaban J connectivity index is 2.12. The summed E-state index contributed by atoms with van der Waals surface area (Å²) in [7, 11) is -1.66. The zero-order valence-corrected chi connectivity index (χ0v) is 26.6. The second-order valence-electron chi connectivity index (χ2n) is 9.44. The number of nitrogens with zero attached hydrogens (tertiary/aromatic N) is 2. The maximum atomic E-state index is 14.1. The van der Waals surface area contributed by atoms with Gasteiger partial charge in [-0.3, -0.25) is 13.9 Å². The quantitative estimate of drug-likeness (QED) is 0.240. The molecule has 232 valence electrons. The van der Waals surface area contributed by atoms with E-state index in [2.05, 4.69) is 5.32 Å². The van der Waals surface area contributed by atoms with Gasteiger partial charge < -0.3 is 19.7 Å². The van der Waals surface area contributed by atoms with Crippen LogP contribution in [0, 0.1) is 5.82 Å². The number of sulfonamides is 1. The molecule has 3 aromatic carbocycles. The van der Waals surface area contributed by atoms with Gasteiger partial charge in [0.15, 0.2) is 11.5 Å². The van der Waals surface area contributed by atoms with Crippen LogP contribution in [0.1, 0.15) is 32.3 Å². The van der Waals surface area contributed by atoms with Crippen molar-refractivity contribution in [3.63, 3.8) is 0 Å². The standard InChI is InChI=1S/C30H34Cl2FN3O6S/c1-5-16-34-30(38)26(6-2)35(18-23-24(31)8-7-9-25(23)32)29(37)19-36(21-12-10-20(33)11-13-21)43(39,40)22-14-15-27(41-3)28(17-22)42-4/h7-15,17,26H,5-6,16,18-19H2,1-4H3,(H,34,38)/t26-/m1/s1. The molecule has 3 aromatic rings. The van der Waals surface area contributed by atoms with Crippen LogP contribution in [-0.2, 0) is 26.2 Å². The van der Waals surface area contributed by atoms with E-state index in [-0.39, 0.29) is 39.3 Å². The summed E-state index contributed by atoms with van der Waals surface area (Å²) < 4.78 is 53.4.